The van der Waals surface area contributed by atoms with Crippen LogP contribution in [-0.2, 0) is 6.54 Å². The number of aryl methyl sites for hydroxylation is 1. The standard InChI is InChI=1S/C14H12Br2ClN/c1-9-6-11(15)3-5-14(9)18-8-10-7-12(16)2-4-13(10)17/h2-7,18H,8H2,1H3. The summed E-state index contributed by atoms with van der Waals surface area (Å²) in [4.78, 5) is 0. The monoisotopic (exact) mass is 387 g/mol. The van der Waals surface area contributed by atoms with Crippen molar-refractivity contribution in [3.8, 4) is 0 Å². The van der Waals surface area contributed by atoms with E-state index in [1.807, 2.05) is 24.3 Å². The summed E-state index contributed by atoms with van der Waals surface area (Å²) in [7, 11) is 0. The topological polar surface area (TPSA) is 12.0 Å². The fourth-order valence-corrected chi connectivity index (χ4v) is 2.76. The minimum atomic E-state index is 0.709. The number of benzene rings is 2. The van der Waals surface area contributed by atoms with Crippen molar-refractivity contribution in [2.75, 3.05) is 5.32 Å². The van der Waals surface area contributed by atoms with Gasteiger partial charge in [0.05, 0.1) is 0 Å². The lowest BCUT2D eigenvalue weighted by Gasteiger charge is -2.11. The average Bonchev–Trinajstić information content (AvgIpc) is 2.32. The molecule has 0 aliphatic carbocycles. The number of nitrogens with one attached hydrogen (secondary N) is 1. The van der Waals surface area contributed by atoms with Gasteiger partial charge in [-0.3, -0.25) is 0 Å². The van der Waals surface area contributed by atoms with E-state index < -0.39 is 0 Å². The molecule has 94 valence electrons. The Kier molecular flexibility index (Phi) is 4.71. The zero-order chi connectivity index (χ0) is 13.1. The first kappa shape index (κ1) is 13.9. The van der Waals surface area contributed by atoms with Gasteiger partial charge in [0.15, 0.2) is 0 Å². The molecule has 0 atom stereocenters. The highest BCUT2D eigenvalue weighted by Crippen LogP contribution is 2.24. The first-order valence-electron chi connectivity index (χ1n) is 5.50. The van der Waals surface area contributed by atoms with Crippen LogP contribution in [0.3, 0.4) is 0 Å². The summed E-state index contributed by atoms with van der Waals surface area (Å²) < 4.78 is 2.13. The van der Waals surface area contributed by atoms with Crippen LogP contribution in [0.2, 0.25) is 5.02 Å². The van der Waals surface area contributed by atoms with Gasteiger partial charge >= 0.3 is 0 Å². The maximum atomic E-state index is 6.16. The quantitative estimate of drug-likeness (QED) is 0.701. The predicted octanol–water partition coefficient (Wildman–Crippen LogP) is 5.79. The number of anilines is 1. The lowest BCUT2D eigenvalue weighted by atomic mass is 10.2. The zero-order valence-electron chi connectivity index (χ0n) is 9.81. The summed E-state index contributed by atoms with van der Waals surface area (Å²) in [6.45, 7) is 2.79. The molecule has 0 aliphatic rings. The van der Waals surface area contributed by atoms with Crippen molar-refractivity contribution >= 4 is 49.1 Å². The summed E-state index contributed by atoms with van der Waals surface area (Å²) in [5.74, 6) is 0. The summed E-state index contributed by atoms with van der Waals surface area (Å²) in [6.07, 6.45) is 0. The third kappa shape index (κ3) is 3.50. The van der Waals surface area contributed by atoms with Gasteiger partial charge in [-0.25, -0.2) is 0 Å². The van der Waals surface area contributed by atoms with Crippen LogP contribution < -0.4 is 5.32 Å². The molecule has 0 heterocycles. The molecule has 0 amide bonds. The number of hydrogen-bond acceptors (Lipinski definition) is 1. The SMILES string of the molecule is Cc1cc(Br)ccc1NCc1cc(Br)ccc1Cl. The number of hydrogen-bond donors (Lipinski definition) is 1. The van der Waals surface area contributed by atoms with Crippen LogP contribution in [0, 0.1) is 6.92 Å². The molecule has 0 unspecified atom stereocenters. The largest absolute Gasteiger partial charge is 0.381 e. The lowest BCUT2D eigenvalue weighted by molar-refractivity contribution is 1.14. The first-order valence-corrected chi connectivity index (χ1v) is 7.46. The van der Waals surface area contributed by atoms with Crippen LogP contribution in [0.5, 0.6) is 0 Å². The van der Waals surface area contributed by atoms with E-state index in [1.165, 1.54) is 5.56 Å². The molecular weight excluding hydrogens is 377 g/mol. The molecule has 0 fully saturated rings. The molecule has 18 heavy (non-hydrogen) atoms. The van der Waals surface area contributed by atoms with E-state index in [1.54, 1.807) is 0 Å². The third-order valence-electron chi connectivity index (χ3n) is 2.67. The smallest absolute Gasteiger partial charge is 0.0456 e. The van der Waals surface area contributed by atoms with Gasteiger partial charge in [-0.05, 0) is 54.4 Å². The molecular formula is C14H12Br2ClN. The van der Waals surface area contributed by atoms with E-state index in [4.69, 9.17) is 11.6 Å². The van der Waals surface area contributed by atoms with Gasteiger partial charge in [-0.2, -0.15) is 0 Å². The van der Waals surface area contributed by atoms with Crippen molar-refractivity contribution in [1.82, 2.24) is 0 Å². The molecule has 0 radical (unpaired) electrons. The van der Waals surface area contributed by atoms with Gasteiger partial charge in [-0.15, -0.1) is 0 Å². The average molecular weight is 390 g/mol. The molecule has 0 saturated heterocycles. The zero-order valence-corrected chi connectivity index (χ0v) is 13.7. The van der Waals surface area contributed by atoms with Crippen LogP contribution in [0.15, 0.2) is 45.3 Å². The highest BCUT2D eigenvalue weighted by atomic mass is 79.9. The van der Waals surface area contributed by atoms with Crippen molar-refractivity contribution in [2.24, 2.45) is 0 Å². The molecule has 2 aromatic carbocycles. The van der Waals surface area contributed by atoms with Gasteiger partial charge in [0, 0.05) is 26.2 Å². The second-order valence-electron chi connectivity index (χ2n) is 4.05. The van der Waals surface area contributed by atoms with Crippen LogP contribution >= 0.6 is 43.5 Å². The molecule has 0 saturated carbocycles. The van der Waals surface area contributed by atoms with Gasteiger partial charge in [0.2, 0.25) is 0 Å². The number of halogens is 3. The summed E-state index contributed by atoms with van der Waals surface area (Å²) in [5, 5.41) is 4.18. The highest BCUT2D eigenvalue weighted by molar-refractivity contribution is 9.10. The molecule has 0 aromatic heterocycles. The Morgan fingerprint density at radius 3 is 2.44 bits per heavy atom. The maximum absolute atomic E-state index is 6.16. The Hall–Kier alpha value is -0.510. The van der Waals surface area contributed by atoms with E-state index in [2.05, 4.69) is 56.2 Å². The van der Waals surface area contributed by atoms with Crippen molar-refractivity contribution in [2.45, 2.75) is 13.5 Å². The van der Waals surface area contributed by atoms with Gasteiger partial charge in [-0.1, -0.05) is 43.5 Å². The van der Waals surface area contributed by atoms with Crippen molar-refractivity contribution < 1.29 is 0 Å². The van der Waals surface area contributed by atoms with Crippen LogP contribution in [0.25, 0.3) is 0 Å². The normalized spacial score (nSPS) is 10.4. The van der Waals surface area contributed by atoms with Crippen molar-refractivity contribution in [3.63, 3.8) is 0 Å². The summed E-state index contributed by atoms with van der Waals surface area (Å²) in [6, 6.07) is 12.0. The Morgan fingerprint density at radius 2 is 1.72 bits per heavy atom. The van der Waals surface area contributed by atoms with Crippen LogP contribution in [-0.4, -0.2) is 0 Å². The molecule has 2 rings (SSSR count). The van der Waals surface area contributed by atoms with E-state index in [0.29, 0.717) is 6.54 Å². The molecule has 4 heteroatoms. The number of rotatable bonds is 3. The second-order valence-corrected chi connectivity index (χ2v) is 6.29. The minimum absolute atomic E-state index is 0.709. The van der Waals surface area contributed by atoms with E-state index in [-0.39, 0.29) is 0 Å². The first-order chi connectivity index (χ1) is 8.56. The van der Waals surface area contributed by atoms with E-state index >= 15 is 0 Å². The van der Waals surface area contributed by atoms with Crippen molar-refractivity contribution in [3.05, 3.63) is 61.5 Å². The molecule has 0 spiro atoms. The second kappa shape index (κ2) is 6.09. The Labute approximate surface area is 129 Å². The Morgan fingerprint density at radius 1 is 1.06 bits per heavy atom. The van der Waals surface area contributed by atoms with Crippen molar-refractivity contribution in [1.29, 1.82) is 0 Å². The van der Waals surface area contributed by atoms with Crippen LogP contribution in [0.1, 0.15) is 11.1 Å². The minimum Gasteiger partial charge on any atom is -0.381 e. The van der Waals surface area contributed by atoms with Gasteiger partial charge in [0.25, 0.3) is 0 Å². The molecule has 2 aromatic rings. The predicted molar refractivity (Wildman–Crippen MR) is 85.4 cm³/mol. The summed E-state index contributed by atoms with van der Waals surface area (Å²) in [5.41, 5.74) is 3.40. The van der Waals surface area contributed by atoms with Gasteiger partial charge in [0.1, 0.15) is 0 Å². The maximum Gasteiger partial charge on any atom is 0.0456 e. The van der Waals surface area contributed by atoms with Crippen LogP contribution in [0.4, 0.5) is 5.69 Å². The van der Waals surface area contributed by atoms with Gasteiger partial charge < -0.3 is 5.32 Å². The molecule has 0 bridgehead atoms. The lowest BCUT2D eigenvalue weighted by Crippen LogP contribution is -2.01. The molecule has 1 N–H and O–H groups in total. The third-order valence-corrected chi connectivity index (χ3v) is 4.02. The Balaban J connectivity index is 2.13. The fraction of sp³-hybridized carbons (Fsp3) is 0.143. The van der Waals surface area contributed by atoms with E-state index in [0.717, 1.165) is 25.2 Å². The Bertz CT molecular complexity index is 570. The van der Waals surface area contributed by atoms with E-state index in [9.17, 15) is 0 Å². The molecule has 0 aliphatic heterocycles. The fourth-order valence-electron chi connectivity index (χ4n) is 1.69. The highest BCUT2D eigenvalue weighted by Gasteiger charge is 2.03. The summed E-state index contributed by atoms with van der Waals surface area (Å²) >= 11 is 13.1. The molecule has 1 nitrogen and oxygen atoms in total.